The lowest BCUT2D eigenvalue weighted by molar-refractivity contribution is -0.0208. The first-order chi connectivity index (χ1) is 27.2. The lowest BCUT2D eigenvalue weighted by Crippen LogP contribution is -2.42. The first-order valence-electron chi connectivity index (χ1n) is 21.7. The van der Waals surface area contributed by atoms with Crippen LogP contribution in [0.15, 0.2) is 0 Å². The largest absolute Gasteiger partial charge is 0.389 e. The van der Waals surface area contributed by atoms with E-state index < -0.39 is 51.4 Å². The fourth-order valence-electron chi connectivity index (χ4n) is 6.55. The third-order valence-electron chi connectivity index (χ3n) is 9.91. The van der Waals surface area contributed by atoms with E-state index in [1.165, 1.54) is 12.8 Å². The van der Waals surface area contributed by atoms with Crippen LogP contribution in [0.5, 0.6) is 0 Å². The van der Waals surface area contributed by atoms with Crippen LogP contribution < -0.4 is 0 Å². The van der Waals surface area contributed by atoms with Crippen molar-refractivity contribution in [3.05, 3.63) is 0 Å². The molecule has 0 aromatic carbocycles. The third kappa shape index (κ3) is 37.1. The molecule has 0 aromatic rings. The van der Waals surface area contributed by atoms with E-state index in [9.17, 15) is 33.1 Å². The number of nitrogens with zero attached hydrogens (tertiary/aromatic N) is 2. The van der Waals surface area contributed by atoms with E-state index >= 15 is 0 Å². The molecule has 0 aliphatic heterocycles. The van der Waals surface area contributed by atoms with Gasteiger partial charge in [-0.3, -0.25) is 14.4 Å². The molecule has 0 saturated carbocycles. The van der Waals surface area contributed by atoms with Crippen molar-refractivity contribution in [1.82, 2.24) is 9.80 Å². The highest BCUT2D eigenvalue weighted by molar-refractivity contribution is 7.85. The Balaban J connectivity index is 5.13. The Morgan fingerprint density at radius 3 is 1.28 bits per heavy atom. The molecule has 0 aliphatic rings. The van der Waals surface area contributed by atoms with Crippen molar-refractivity contribution in [1.29, 1.82) is 0 Å². The van der Waals surface area contributed by atoms with Gasteiger partial charge in [0.25, 0.3) is 10.1 Å². The molecule has 0 spiro atoms. The first-order valence-corrected chi connectivity index (χ1v) is 24.6. The summed E-state index contributed by atoms with van der Waals surface area (Å²) in [5, 5.41) is 43.1. The van der Waals surface area contributed by atoms with Gasteiger partial charge in [0.2, 0.25) is 0 Å². The fourth-order valence-corrected chi connectivity index (χ4v) is 7.39. The van der Waals surface area contributed by atoms with Crippen LogP contribution in [0, 0.1) is 11.8 Å². The van der Waals surface area contributed by atoms with Crippen molar-refractivity contribution in [2.45, 2.75) is 142 Å². The maximum atomic E-state index is 10.9. The molecule has 0 rings (SSSR count). The van der Waals surface area contributed by atoms with Crippen molar-refractivity contribution in [2.75, 3.05) is 104 Å². The molecular weight excluding hydrogens is 781 g/mol. The number of hydrogen-bond donors (Lipinski definition) is 6. The molecule has 0 aliphatic carbocycles. The number of rotatable bonds is 43. The van der Waals surface area contributed by atoms with E-state index in [0.29, 0.717) is 57.6 Å². The molecule has 17 heteroatoms. The zero-order valence-electron chi connectivity index (χ0n) is 35.9. The third-order valence-corrected chi connectivity index (χ3v) is 11.4. The van der Waals surface area contributed by atoms with Gasteiger partial charge in [0.1, 0.15) is 0 Å². The SMILES string of the molecule is CCCCC(CC)COCC(O)CN(CCCCCCN(CC(O)COCCCS(=O)O)CC(O)COCCCS(=O)(=O)O)CC(O)COCC(CC)CCCC. The van der Waals surface area contributed by atoms with Gasteiger partial charge >= 0.3 is 0 Å². The molecule has 0 radical (unpaired) electrons. The molecule has 0 bridgehead atoms. The molecule has 0 fully saturated rings. The Morgan fingerprint density at radius 1 is 0.544 bits per heavy atom. The van der Waals surface area contributed by atoms with Crippen LogP contribution in [-0.2, 0) is 40.1 Å². The van der Waals surface area contributed by atoms with Gasteiger partial charge in [-0.15, -0.1) is 0 Å². The summed E-state index contributed by atoms with van der Waals surface area (Å²) in [5.41, 5.74) is 0. The Hall–Kier alpha value is -0.380. The predicted molar refractivity (Wildman–Crippen MR) is 227 cm³/mol. The summed E-state index contributed by atoms with van der Waals surface area (Å²) < 4.78 is 73.3. The quantitative estimate of drug-likeness (QED) is 0.0291. The summed E-state index contributed by atoms with van der Waals surface area (Å²) in [7, 11) is -4.08. The molecule has 0 aromatic heterocycles. The second-order valence-corrected chi connectivity index (χ2v) is 18.2. The average molecular weight is 865 g/mol. The molecule has 0 saturated heterocycles. The first kappa shape index (κ1) is 56.6. The molecule has 0 amide bonds. The number of aliphatic hydroxyl groups is 4. The second-order valence-electron chi connectivity index (χ2n) is 15.6. The van der Waals surface area contributed by atoms with Gasteiger partial charge in [0, 0.05) is 52.6 Å². The Labute approximate surface area is 348 Å². The maximum absolute atomic E-state index is 10.9. The number of hydrogen-bond acceptors (Lipinski definition) is 13. The smallest absolute Gasteiger partial charge is 0.264 e. The Kier molecular flexibility index (Phi) is 37.1. The van der Waals surface area contributed by atoms with Gasteiger partial charge in [-0.2, -0.15) is 8.42 Å². The molecular formula is C40H84N2O13S2. The average Bonchev–Trinajstić information content (AvgIpc) is 3.14. The minimum Gasteiger partial charge on any atom is -0.389 e. The summed E-state index contributed by atoms with van der Waals surface area (Å²) in [6, 6.07) is 0. The van der Waals surface area contributed by atoms with Crippen LogP contribution in [-0.4, -0.2) is 180 Å². The summed E-state index contributed by atoms with van der Waals surface area (Å²) in [6.45, 7) is 13.3. The molecule has 57 heavy (non-hydrogen) atoms. The summed E-state index contributed by atoms with van der Waals surface area (Å²) in [5.74, 6) is 0.650. The van der Waals surface area contributed by atoms with E-state index in [1.54, 1.807) is 0 Å². The Bertz CT molecular complexity index is 1000. The highest BCUT2D eigenvalue weighted by Gasteiger charge is 2.19. The number of ether oxygens (including phenoxy) is 4. The number of aliphatic hydroxyl groups excluding tert-OH is 4. The van der Waals surface area contributed by atoms with Crippen molar-refractivity contribution >= 4 is 21.2 Å². The van der Waals surface area contributed by atoms with E-state index in [1.807, 2.05) is 4.90 Å². The van der Waals surface area contributed by atoms with Gasteiger partial charge in [-0.25, -0.2) is 4.21 Å². The van der Waals surface area contributed by atoms with Crippen LogP contribution in [0.2, 0.25) is 0 Å². The minimum atomic E-state index is -4.08. The van der Waals surface area contributed by atoms with Gasteiger partial charge in [0.15, 0.2) is 11.1 Å². The van der Waals surface area contributed by atoms with Crippen molar-refractivity contribution in [3.8, 4) is 0 Å². The zero-order chi connectivity index (χ0) is 42.7. The summed E-state index contributed by atoms with van der Waals surface area (Å²) in [6.07, 6.45) is 9.79. The van der Waals surface area contributed by atoms with Gasteiger partial charge in [-0.1, -0.05) is 79.1 Å². The topological polar surface area (TPSA) is 216 Å². The van der Waals surface area contributed by atoms with Crippen molar-refractivity contribution in [3.63, 3.8) is 0 Å². The number of unbranched alkanes of at least 4 members (excludes halogenated alkanes) is 5. The van der Waals surface area contributed by atoms with Gasteiger partial charge < -0.3 is 43.9 Å². The van der Waals surface area contributed by atoms with Gasteiger partial charge in [0.05, 0.1) is 62.3 Å². The predicted octanol–water partition coefficient (Wildman–Crippen LogP) is 3.98. The lowest BCUT2D eigenvalue weighted by atomic mass is 10.0. The molecule has 344 valence electrons. The van der Waals surface area contributed by atoms with Crippen LogP contribution in [0.4, 0.5) is 0 Å². The second kappa shape index (κ2) is 37.4. The Morgan fingerprint density at radius 2 is 0.930 bits per heavy atom. The normalized spacial score (nSPS) is 16.2. The van der Waals surface area contributed by atoms with Crippen molar-refractivity contribution < 1.29 is 61.1 Å². The molecule has 15 nitrogen and oxygen atoms in total. The van der Waals surface area contributed by atoms with Crippen LogP contribution in [0.1, 0.15) is 118 Å². The van der Waals surface area contributed by atoms with Crippen LogP contribution in [0.3, 0.4) is 0 Å². The summed E-state index contributed by atoms with van der Waals surface area (Å²) in [4.78, 5) is 4.02. The minimum absolute atomic E-state index is 0.0351. The van der Waals surface area contributed by atoms with E-state index in [4.69, 9.17) is 28.1 Å². The standard InChI is InChI=1S/C40H84N2O13S2/c1-5-9-17-35(7-3)29-54-33-39(45)27-42(28-40(46)34-55-30-36(8-4)18-10-6-2)20-14-12-11-13-19-41(25-37(43)31-52-21-15-23-56(47)48)26-38(44)32-53-22-16-24-57(49,50)51/h35-40,43-46H,5-34H2,1-4H3,(H,47,48)(H,49,50,51). The summed E-state index contributed by atoms with van der Waals surface area (Å²) >= 11 is -1.90. The molecule has 6 N–H and O–H groups in total. The lowest BCUT2D eigenvalue weighted by Gasteiger charge is -2.28. The fraction of sp³-hybridized carbons (Fsp3) is 1.00. The van der Waals surface area contributed by atoms with Gasteiger partial charge in [-0.05, 0) is 63.5 Å². The highest BCUT2D eigenvalue weighted by Crippen LogP contribution is 2.15. The molecule has 0 heterocycles. The van der Waals surface area contributed by atoms with E-state index in [2.05, 4.69) is 32.6 Å². The maximum Gasteiger partial charge on any atom is 0.264 e. The van der Waals surface area contributed by atoms with Crippen molar-refractivity contribution in [2.24, 2.45) is 11.8 Å². The zero-order valence-corrected chi connectivity index (χ0v) is 37.6. The monoisotopic (exact) mass is 865 g/mol. The molecule has 7 atom stereocenters. The van der Waals surface area contributed by atoms with E-state index in [0.717, 1.165) is 64.2 Å². The van der Waals surface area contributed by atoms with E-state index in [-0.39, 0.29) is 64.9 Å². The highest BCUT2D eigenvalue weighted by atomic mass is 32.2. The molecule has 7 unspecified atom stereocenters. The van der Waals surface area contributed by atoms with Crippen LogP contribution in [0.25, 0.3) is 0 Å². The van der Waals surface area contributed by atoms with Crippen LogP contribution >= 0.6 is 0 Å².